The molecule has 2 N–H and O–H groups in total. The maximum absolute atomic E-state index is 5.77. The molecule has 0 saturated carbocycles. The lowest BCUT2D eigenvalue weighted by Gasteiger charge is -1.96. The Morgan fingerprint density at radius 1 is 1.29 bits per heavy atom. The van der Waals surface area contributed by atoms with Crippen molar-refractivity contribution in [2.45, 2.75) is 6.92 Å². The SMILES string of the molecule is Cc1nc(N)oc1-c1ccc(Cl)cc1. The molecule has 1 heterocycles. The smallest absolute Gasteiger partial charge is 0.292 e. The van der Waals surface area contributed by atoms with Gasteiger partial charge in [-0.15, -0.1) is 0 Å². The fraction of sp³-hybridized carbons (Fsp3) is 0.100. The lowest BCUT2D eigenvalue weighted by Crippen LogP contribution is -1.81. The summed E-state index contributed by atoms with van der Waals surface area (Å²) in [5.74, 6) is 0.694. The minimum absolute atomic E-state index is 0.187. The van der Waals surface area contributed by atoms with Crippen LogP contribution >= 0.6 is 11.6 Å². The molecule has 0 aliphatic carbocycles. The van der Waals surface area contributed by atoms with E-state index in [2.05, 4.69) is 4.98 Å². The lowest BCUT2D eigenvalue weighted by molar-refractivity contribution is 0.594. The number of hydrogen-bond donors (Lipinski definition) is 1. The van der Waals surface area contributed by atoms with Gasteiger partial charge in [0.1, 0.15) is 0 Å². The number of nitrogens with two attached hydrogens (primary N) is 1. The Hall–Kier alpha value is -1.48. The first kappa shape index (κ1) is 9.09. The number of aromatic nitrogens is 1. The van der Waals surface area contributed by atoms with Crippen molar-refractivity contribution < 1.29 is 4.42 Å². The van der Waals surface area contributed by atoms with Crippen molar-refractivity contribution in [3.05, 3.63) is 35.0 Å². The lowest BCUT2D eigenvalue weighted by atomic mass is 10.1. The summed E-state index contributed by atoms with van der Waals surface area (Å²) >= 11 is 5.77. The van der Waals surface area contributed by atoms with E-state index >= 15 is 0 Å². The second-order valence-corrected chi connectivity index (χ2v) is 3.41. The van der Waals surface area contributed by atoms with Crippen molar-refractivity contribution in [2.24, 2.45) is 0 Å². The molecule has 2 rings (SSSR count). The number of rotatable bonds is 1. The third-order valence-electron chi connectivity index (χ3n) is 1.92. The van der Waals surface area contributed by atoms with Gasteiger partial charge in [0.15, 0.2) is 5.76 Å². The van der Waals surface area contributed by atoms with Gasteiger partial charge in [-0.1, -0.05) is 11.6 Å². The maximum Gasteiger partial charge on any atom is 0.292 e. The van der Waals surface area contributed by atoms with Gasteiger partial charge in [-0.05, 0) is 31.2 Å². The minimum Gasteiger partial charge on any atom is -0.423 e. The van der Waals surface area contributed by atoms with E-state index in [0.717, 1.165) is 11.3 Å². The third kappa shape index (κ3) is 1.59. The van der Waals surface area contributed by atoms with Crippen molar-refractivity contribution in [1.82, 2.24) is 4.98 Å². The average molecular weight is 209 g/mol. The second-order valence-electron chi connectivity index (χ2n) is 2.97. The van der Waals surface area contributed by atoms with E-state index in [-0.39, 0.29) is 6.01 Å². The van der Waals surface area contributed by atoms with Crippen LogP contribution in [0.15, 0.2) is 28.7 Å². The molecule has 3 nitrogen and oxygen atoms in total. The summed E-state index contributed by atoms with van der Waals surface area (Å²) in [6, 6.07) is 7.53. The highest BCUT2D eigenvalue weighted by atomic mass is 35.5. The summed E-state index contributed by atoms with van der Waals surface area (Å²) in [6.07, 6.45) is 0. The molecule has 0 bridgehead atoms. The zero-order valence-electron chi connectivity index (χ0n) is 7.62. The van der Waals surface area contributed by atoms with Gasteiger partial charge in [0.25, 0.3) is 6.01 Å². The Labute approximate surface area is 86.5 Å². The quantitative estimate of drug-likeness (QED) is 0.784. The fourth-order valence-corrected chi connectivity index (χ4v) is 1.41. The van der Waals surface area contributed by atoms with Crippen LogP contribution in [-0.4, -0.2) is 4.98 Å². The van der Waals surface area contributed by atoms with Crippen LogP contribution in [0.25, 0.3) is 11.3 Å². The number of benzene rings is 1. The normalized spacial score (nSPS) is 10.4. The fourth-order valence-electron chi connectivity index (χ4n) is 1.29. The maximum atomic E-state index is 5.77. The Bertz CT molecular complexity index is 448. The summed E-state index contributed by atoms with van der Waals surface area (Å²) in [6.45, 7) is 1.85. The molecule has 1 aromatic heterocycles. The molecule has 0 atom stereocenters. The predicted molar refractivity (Wildman–Crippen MR) is 56.1 cm³/mol. The Morgan fingerprint density at radius 2 is 1.93 bits per heavy atom. The summed E-state index contributed by atoms with van der Waals surface area (Å²) in [5.41, 5.74) is 7.15. The van der Waals surface area contributed by atoms with Gasteiger partial charge in [-0.2, -0.15) is 4.98 Å². The second kappa shape index (κ2) is 3.35. The first-order valence-corrected chi connectivity index (χ1v) is 4.53. The van der Waals surface area contributed by atoms with Crippen LogP contribution in [-0.2, 0) is 0 Å². The molecule has 0 radical (unpaired) electrons. The molecule has 14 heavy (non-hydrogen) atoms. The average Bonchev–Trinajstić information content (AvgIpc) is 2.47. The highest BCUT2D eigenvalue weighted by Crippen LogP contribution is 2.26. The molecule has 72 valence electrons. The minimum atomic E-state index is 0.187. The molecular weight excluding hydrogens is 200 g/mol. The van der Waals surface area contributed by atoms with E-state index in [4.69, 9.17) is 21.8 Å². The van der Waals surface area contributed by atoms with Crippen LogP contribution < -0.4 is 5.73 Å². The highest BCUT2D eigenvalue weighted by molar-refractivity contribution is 6.30. The van der Waals surface area contributed by atoms with E-state index in [9.17, 15) is 0 Å². The molecule has 0 aliphatic heterocycles. The van der Waals surface area contributed by atoms with E-state index in [1.807, 2.05) is 19.1 Å². The van der Waals surface area contributed by atoms with E-state index in [1.54, 1.807) is 12.1 Å². The number of nitrogens with zero attached hydrogens (tertiary/aromatic N) is 1. The van der Waals surface area contributed by atoms with Gasteiger partial charge in [-0.25, -0.2) is 0 Å². The van der Waals surface area contributed by atoms with Gasteiger partial charge in [-0.3, -0.25) is 0 Å². The van der Waals surface area contributed by atoms with Crippen LogP contribution in [0.3, 0.4) is 0 Å². The molecule has 0 spiro atoms. The Kier molecular flexibility index (Phi) is 2.17. The molecule has 0 saturated heterocycles. The van der Waals surface area contributed by atoms with Gasteiger partial charge in [0.05, 0.1) is 5.69 Å². The Balaban J connectivity index is 2.49. The number of hydrogen-bond acceptors (Lipinski definition) is 3. The van der Waals surface area contributed by atoms with Crippen LogP contribution in [0.1, 0.15) is 5.69 Å². The first-order valence-electron chi connectivity index (χ1n) is 4.15. The zero-order valence-corrected chi connectivity index (χ0v) is 8.38. The highest BCUT2D eigenvalue weighted by Gasteiger charge is 2.08. The van der Waals surface area contributed by atoms with Crippen LogP contribution in [0.4, 0.5) is 6.01 Å². The third-order valence-corrected chi connectivity index (χ3v) is 2.17. The molecule has 0 amide bonds. The largest absolute Gasteiger partial charge is 0.423 e. The van der Waals surface area contributed by atoms with Crippen molar-refractivity contribution in [3.8, 4) is 11.3 Å². The molecule has 1 aromatic carbocycles. The molecule has 2 aromatic rings. The summed E-state index contributed by atoms with van der Waals surface area (Å²) in [5, 5.41) is 0.693. The Morgan fingerprint density at radius 3 is 2.43 bits per heavy atom. The number of halogens is 1. The predicted octanol–water partition coefficient (Wildman–Crippen LogP) is 2.89. The topological polar surface area (TPSA) is 52.0 Å². The molecule has 4 heteroatoms. The van der Waals surface area contributed by atoms with Gasteiger partial charge >= 0.3 is 0 Å². The van der Waals surface area contributed by atoms with Crippen molar-refractivity contribution in [3.63, 3.8) is 0 Å². The van der Waals surface area contributed by atoms with Crippen molar-refractivity contribution in [2.75, 3.05) is 5.73 Å². The molecular formula is C10H9ClN2O. The van der Waals surface area contributed by atoms with Crippen molar-refractivity contribution >= 4 is 17.6 Å². The van der Waals surface area contributed by atoms with Crippen molar-refractivity contribution in [1.29, 1.82) is 0 Å². The van der Waals surface area contributed by atoms with Crippen LogP contribution in [0.2, 0.25) is 5.02 Å². The van der Waals surface area contributed by atoms with Gasteiger partial charge in [0, 0.05) is 10.6 Å². The summed E-state index contributed by atoms with van der Waals surface area (Å²) in [4.78, 5) is 3.99. The molecule has 0 unspecified atom stereocenters. The monoisotopic (exact) mass is 208 g/mol. The number of aryl methyl sites for hydroxylation is 1. The molecule has 0 fully saturated rings. The standard InChI is InChI=1S/C10H9ClN2O/c1-6-9(14-10(12)13-6)7-2-4-8(11)5-3-7/h2-5H,1H3,(H2,12,13). The van der Waals surface area contributed by atoms with Gasteiger partial charge < -0.3 is 10.2 Å². The summed E-state index contributed by atoms with van der Waals surface area (Å²) < 4.78 is 5.26. The van der Waals surface area contributed by atoms with Crippen LogP contribution in [0.5, 0.6) is 0 Å². The number of oxazole rings is 1. The molecule has 0 aliphatic rings. The number of nitrogen functional groups attached to an aromatic ring is 1. The van der Waals surface area contributed by atoms with Crippen LogP contribution in [0, 0.1) is 6.92 Å². The summed E-state index contributed by atoms with van der Waals surface area (Å²) in [7, 11) is 0. The first-order chi connectivity index (χ1) is 6.66. The van der Waals surface area contributed by atoms with E-state index in [0.29, 0.717) is 10.8 Å². The van der Waals surface area contributed by atoms with E-state index in [1.165, 1.54) is 0 Å². The number of anilines is 1. The van der Waals surface area contributed by atoms with Gasteiger partial charge in [0.2, 0.25) is 0 Å². The van der Waals surface area contributed by atoms with E-state index < -0.39 is 0 Å². The zero-order chi connectivity index (χ0) is 10.1.